The predicted molar refractivity (Wildman–Crippen MR) is 124 cm³/mol. The number of carbonyl (C=O) groups is 3. The Labute approximate surface area is 199 Å². The maximum atomic E-state index is 13.2. The van der Waals surface area contributed by atoms with Gasteiger partial charge in [-0.1, -0.05) is 23.7 Å². The molecule has 0 aromatic heterocycles. The zero-order valence-electron chi connectivity index (χ0n) is 18.0. The molecule has 3 atom stereocenters. The fourth-order valence-corrected chi connectivity index (χ4v) is 4.32. The number of aliphatic imine (C=N–C) groups is 1. The van der Waals surface area contributed by atoms with Crippen LogP contribution >= 0.6 is 11.6 Å². The predicted octanol–water partition coefficient (Wildman–Crippen LogP) is 1.71. The van der Waals surface area contributed by atoms with Crippen LogP contribution in [0.2, 0.25) is 5.02 Å². The fourth-order valence-electron chi connectivity index (χ4n) is 4.06. The quantitative estimate of drug-likeness (QED) is 0.471. The summed E-state index contributed by atoms with van der Waals surface area (Å²) >= 11 is 5.95. The molecule has 9 nitrogen and oxygen atoms in total. The number of anilines is 1. The van der Waals surface area contributed by atoms with E-state index < -0.39 is 35.1 Å². The third kappa shape index (κ3) is 4.59. The number of rotatable bonds is 7. The van der Waals surface area contributed by atoms with Gasteiger partial charge in [0.15, 0.2) is 11.6 Å². The van der Waals surface area contributed by atoms with E-state index in [0.29, 0.717) is 24.4 Å². The Hall–Kier alpha value is -3.50. The van der Waals surface area contributed by atoms with E-state index >= 15 is 0 Å². The van der Waals surface area contributed by atoms with E-state index in [4.69, 9.17) is 22.1 Å². The molecule has 2 aliphatic rings. The molecule has 5 N–H and O–H groups in total. The van der Waals surface area contributed by atoms with Crippen LogP contribution in [0.3, 0.4) is 0 Å². The molecule has 0 bridgehead atoms. The molecule has 2 aliphatic heterocycles. The molecule has 3 unspecified atom stereocenters. The highest BCUT2D eigenvalue weighted by molar-refractivity contribution is 6.34. The van der Waals surface area contributed by atoms with Crippen molar-refractivity contribution in [2.45, 2.75) is 30.5 Å². The van der Waals surface area contributed by atoms with E-state index in [0.717, 1.165) is 25.0 Å². The maximum Gasteiger partial charge on any atom is 0.257 e. The summed E-state index contributed by atoms with van der Waals surface area (Å²) in [5.41, 5.74) is 5.04. The van der Waals surface area contributed by atoms with Crippen LogP contribution in [0.25, 0.3) is 0 Å². The van der Waals surface area contributed by atoms with Crippen molar-refractivity contribution < 1.29 is 23.5 Å². The number of ether oxygens (including phenoxy) is 1. The van der Waals surface area contributed by atoms with Crippen LogP contribution in [0.5, 0.6) is 0 Å². The third-order valence-corrected chi connectivity index (χ3v) is 6.18. The zero-order valence-corrected chi connectivity index (χ0v) is 18.8. The van der Waals surface area contributed by atoms with E-state index in [9.17, 15) is 18.8 Å². The molecule has 1 fully saturated rings. The lowest BCUT2D eigenvalue weighted by molar-refractivity contribution is -0.131. The molecular weight excluding hydrogens is 465 g/mol. The summed E-state index contributed by atoms with van der Waals surface area (Å²) < 4.78 is 18.8. The van der Waals surface area contributed by atoms with Gasteiger partial charge in [-0.25, -0.2) is 4.39 Å². The van der Waals surface area contributed by atoms with Gasteiger partial charge < -0.3 is 26.4 Å². The molecule has 3 amide bonds. The summed E-state index contributed by atoms with van der Waals surface area (Å²) in [5.74, 6) is -2.32. The SMILES string of the molecule is NC(=O)C1(c2ccc(NC(=O)c3ccc(F)cc3Cl)cc2)NC=NC1C(=O)NCC1CCCO1. The summed E-state index contributed by atoms with van der Waals surface area (Å²) in [7, 11) is 0. The van der Waals surface area contributed by atoms with Gasteiger partial charge in [0.05, 0.1) is 23.0 Å². The zero-order chi connectivity index (χ0) is 24.3. The Balaban J connectivity index is 1.50. The summed E-state index contributed by atoms with van der Waals surface area (Å²) in [4.78, 5) is 42.1. The molecule has 0 saturated carbocycles. The van der Waals surface area contributed by atoms with E-state index in [2.05, 4.69) is 20.9 Å². The normalized spacial score (nSPS) is 23.4. The Morgan fingerprint density at radius 3 is 2.65 bits per heavy atom. The minimum Gasteiger partial charge on any atom is -0.376 e. The number of hydrogen-bond acceptors (Lipinski definition) is 6. The van der Waals surface area contributed by atoms with Gasteiger partial charge in [0, 0.05) is 18.8 Å². The van der Waals surface area contributed by atoms with E-state index in [-0.39, 0.29) is 16.7 Å². The van der Waals surface area contributed by atoms with Crippen molar-refractivity contribution in [3.63, 3.8) is 0 Å². The number of hydrogen-bond donors (Lipinski definition) is 4. The molecule has 4 rings (SSSR count). The highest BCUT2D eigenvalue weighted by Gasteiger charge is 2.52. The van der Waals surface area contributed by atoms with Gasteiger partial charge in [-0.2, -0.15) is 0 Å². The van der Waals surface area contributed by atoms with Crippen LogP contribution in [-0.4, -0.2) is 49.4 Å². The lowest BCUT2D eigenvalue weighted by Gasteiger charge is -2.31. The first-order valence-electron chi connectivity index (χ1n) is 10.7. The second kappa shape index (κ2) is 9.78. The highest BCUT2D eigenvalue weighted by Crippen LogP contribution is 2.31. The van der Waals surface area contributed by atoms with Crippen LogP contribution in [-0.2, 0) is 19.9 Å². The summed E-state index contributed by atoms with van der Waals surface area (Å²) in [6.45, 7) is 0.974. The highest BCUT2D eigenvalue weighted by atomic mass is 35.5. The Morgan fingerprint density at radius 1 is 1.24 bits per heavy atom. The van der Waals surface area contributed by atoms with Crippen molar-refractivity contribution in [1.82, 2.24) is 10.6 Å². The largest absolute Gasteiger partial charge is 0.376 e. The smallest absolute Gasteiger partial charge is 0.257 e. The van der Waals surface area contributed by atoms with Gasteiger partial charge in [0.25, 0.3) is 11.8 Å². The molecule has 1 saturated heterocycles. The average Bonchev–Trinajstić information content (AvgIpc) is 3.48. The van der Waals surface area contributed by atoms with Crippen molar-refractivity contribution in [3.05, 3.63) is 64.4 Å². The Morgan fingerprint density at radius 2 is 2.00 bits per heavy atom. The lowest BCUT2D eigenvalue weighted by atomic mass is 9.82. The number of primary amides is 1. The summed E-state index contributed by atoms with van der Waals surface area (Å²) in [6, 6.07) is 8.58. The number of benzene rings is 2. The van der Waals surface area contributed by atoms with Crippen molar-refractivity contribution >= 4 is 41.3 Å². The number of carbonyl (C=O) groups excluding carboxylic acids is 3. The molecule has 0 spiro atoms. The molecule has 0 aliphatic carbocycles. The average molecular weight is 488 g/mol. The van der Waals surface area contributed by atoms with Crippen molar-refractivity contribution in [2.24, 2.45) is 10.7 Å². The molecule has 2 heterocycles. The molecular formula is C23H23ClFN5O4. The van der Waals surface area contributed by atoms with Crippen LogP contribution in [0.15, 0.2) is 47.5 Å². The van der Waals surface area contributed by atoms with E-state index in [1.807, 2.05) is 0 Å². The lowest BCUT2D eigenvalue weighted by Crippen LogP contribution is -2.60. The van der Waals surface area contributed by atoms with E-state index in [1.54, 1.807) is 24.3 Å². The second-order valence-corrected chi connectivity index (χ2v) is 8.44. The Bertz CT molecular complexity index is 1140. The van der Waals surface area contributed by atoms with Gasteiger partial charge in [-0.15, -0.1) is 0 Å². The topological polar surface area (TPSA) is 135 Å². The van der Waals surface area contributed by atoms with Gasteiger partial charge in [-0.05, 0) is 48.7 Å². The number of nitrogens with one attached hydrogen (secondary N) is 3. The Kier molecular flexibility index (Phi) is 6.80. The molecule has 2 aromatic carbocycles. The van der Waals surface area contributed by atoms with Crippen LogP contribution < -0.4 is 21.7 Å². The molecule has 0 radical (unpaired) electrons. The standard InChI is InChI=1S/C23H23ClFN5O4/c24-18-10-14(25)5-8-17(18)20(31)30-15-6-3-13(4-7-15)23(22(26)33)19(28-12-29-23)21(32)27-11-16-2-1-9-34-16/h3-8,10,12,16,19H,1-2,9,11H2,(H2,26,33)(H,27,32)(H,28,29)(H,30,31). The van der Waals surface area contributed by atoms with Crippen LogP contribution in [0.4, 0.5) is 10.1 Å². The first kappa shape index (κ1) is 23.7. The number of nitrogens with two attached hydrogens (primary N) is 1. The minimum absolute atomic E-state index is 0.0223. The molecule has 34 heavy (non-hydrogen) atoms. The number of nitrogens with zero attached hydrogens (tertiary/aromatic N) is 1. The van der Waals surface area contributed by atoms with Gasteiger partial charge in [0.1, 0.15) is 5.82 Å². The monoisotopic (exact) mass is 487 g/mol. The van der Waals surface area contributed by atoms with Crippen LogP contribution in [0, 0.1) is 5.82 Å². The minimum atomic E-state index is -1.59. The van der Waals surface area contributed by atoms with Gasteiger partial charge in [0.2, 0.25) is 5.91 Å². The van der Waals surface area contributed by atoms with E-state index in [1.165, 1.54) is 12.4 Å². The number of halogens is 2. The van der Waals surface area contributed by atoms with Crippen molar-refractivity contribution in [2.75, 3.05) is 18.5 Å². The second-order valence-electron chi connectivity index (χ2n) is 8.03. The van der Waals surface area contributed by atoms with Gasteiger partial charge in [-0.3, -0.25) is 19.4 Å². The first-order valence-corrected chi connectivity index (χ1v) is 11.0. The van der Waals surface area contributed by atoms with Crippen LogP contribution in [0.1, 0.15) is 28.8 Å². The molecule has 2 aromatic rings. The van der Waals surface area contributed by atoms with Crippen molar-refractivity contribution in [1.29, 1.82) is 0 Å². The number of amides is 3. The summed E-state index contributed by atoms with van der Waals surface area (Å²) in [6.07, 6.45) is 3.00. The third-order valence-electron chi connectivity index (χ3n) is 5.86. The van der Waals surface area contributed by atoms with Crippen molar-refractivity contribution in [3.8, 4) is 0 Å². The first-order chi connectivity index (χ1) is 16.3. The summed E-state index contributed by atoms with van der Waals surface area (Å²) in [5, 5.41) is 8.27. The fraction of sp³-hybridized carbons (Fsp3) is 0.304. The maximum absolute atomic E-state index is 13.2. The van der Waals surface area contributed by atoms with Gasteiger partial charge >= 0.3 is 0 Å². The molecule has 11 heteroatoms. The molecule has 178 valence electrons.